The van der Waals surface area contributed by atoms with Crippen molar-refractivity contribution in [3.8, 4) is 0 Å². The maximum absolute atomic E-state index is 13.4. The van der Waals surface area contributed by atoms with Crippen LogP contribution in [-0.4, -0.2) is 18.9 Å². The summed E-state index contributed by atoms with van der Waals surface area (Å²) in [6.07, 6.45) is 0.218. The van der Waals surface area contributed by atoms with Gasteiger partial charge in [-0.2, -0.15) is 0 Å². The molecule has 0 aliphatic heterocycles. The minimum absolute atomic E-state index is 0.0158. The Morgan fingerprint density at radius 1 is 0.929 bits per heavy atom. The van der Waals surface area contributed by atoms with Crippen LogP contribution >= 0.6 is 11.8 Å². The number of carbonyl (C=O) groups is 2. The van der Waals surface area contributed by atoms with Crippen LogP contribution in [0.5, 0.6) is 0 Å². The van der Waals surface area contributed by atoms with Gasteiger partial charge in [0.15, 0.2) is 5.78 Å². The van der Waals surface area contributed by atoms with E-state index in [0.717, 1.165) is 5.56 Å². The molecule has 3 nitrogen and oxygen atoms in total. The number of halogens is 1. The lowest BCUT2D eigenvalue weighted by Gasteiger charge is -2.18. The highest BCUT2D eigenvalue weighted by molar-refractivity contribution is 7.99. The first-order chi connectivity index (χ1) is 13.6. The summed E-state index contributed by atoms with van der Waals surface area (Å²) in [7, 11) is 1.33. The number of methoxy groups -OCH3 is 1. The number of esters is 1. The van der Waals surface area contributed by atoms with E-state index in [9.17, 15) is 14.0 Å². The molecular weight excluding hydrogens is 375 g/mol. The standard InChI is InChI=1S/C23H19FO3S/c1-27-23(26)19-9-5-6-10-21(19)28-22(17-11-13-18(24)14-12-17)15-20(25)16-7-3-2-4-8-16/h2-14,22H,15H2,1H3/t22-/m0/s1. The Morgan fingerprint density at radius 2 is 1.57 bits per heavy atom. The molecule has 0 amide bonds. The van der Waals surface area contributed by atoms with Crippen molar-refractivity contribution in [3.05, 3.63) is 101 Å². The molecule has 0 saturated carbocycles. The molecule has 0 spiro atoms. The number of Topliss-reactive ketones (excluding diaryl/α,β-unsaturated/α-hetero) is 1. The quantitative estimate of drug-likeness (QED) is 0.292. The van der Waals surface area contributed by atoms with Crippen molar-refractivity contribution in [2.75, 3.05) is 7.11 Å². The molecule has 5 heteroatoms. The lowest BCUT2D eigenvalue weighted by molar-refractivity contribution is 0.0596. The van der Waals surface area contributed by atoms with Gasteiger partial charge < -0.3 is 4.74 Å². The highest BCUT2D eigenvalue weighted by Gasteiger charge is 2.21. The molecule has 3 aromatic rings. The van der Waals surface area contributed by atoms with Crippen LogP contribution in [0.2, 0.25) is 0 Å². The summed E-state index contributed by atoms with van der Waals surface area (Å²) in [6, 6.07) is 22.2. The Kier molecular flexibility index (Phi) is 6.61. The van der Waals surface area contributed by atoms with E-state index < -0.39 is 5.97 Å². The van der Waals surface area contributed by atoms with Crippen LogP contribution in [0.25, 0.3) is 0 Å². The van der Waals surface area contributed by atoms with Gasteiger partial charge in [0.25, 0.3) is 0 Å². The molecule has 3 rings (SSSR count). The number of thioether (sulfide) groups is 1. The molecule has 1 atom stereocenters. The number of hydrogen-bond donors (Lipinski definition) is 0. The predicted molar refractivity (Wildman–Crippen MR) is 108 cm³/mol. The smallest absolute Gasteiger partial charge is 0.338 e. The second-order valence-corrected chi connectivity index (χ2v) is 7.38. The van der Waals surface area contributed by atoms with E-state index in [1.807, 2.05) is 30.3 Å². The summed E-state index contributed by atoms with van der Waals surface area (Å²) >= 11 is 1.40. The van der Waals surface area contributed by atoms with Crippen molar-refractivity contribution in [2.24, 2.45) is 0 Å². The van der Waals surface area contributed by atoms with E-state index in [1.54, 1.807) is 36.4 Å². The zero-order valence-electron chi connectivity index (χ0n) is 15.3. The zero-order chi connectivity index (χ0) is 19.9. The van der Waals surface area contributed by atoms with E-state index in [1.165, 1.54) is 31.0 Å². The van der Waals surface area contributed by atoms with Crippen molar-refractivity contribution < 1.29 is 18.7 Å². The fraction of sp³-hybridized carbons (Fsp3) is 0.130. The van der Waals surface area contributed by atoms with Crippen LogP contribution in [0.1, 0.15) is 38.0 Å². The third kappa shape index (κ3) is 4.87. The van der Waals surface area contributed by atoms with E-state index in [4.69, 9.17) is 4.74 Å². The Labute approximate surface area is 167 Å². The molecule has 0 aliphatic rings. The molecule has 3 aromatic carbocycles. The van der Waals surface area contributed by atoms with E-state index >= 15 is 0 Å². The Balaban J connectivity index is 1.92. The average molecular weight is 394 g/mol. The minimum Gasteiger partial charge on any atom is -0.465 e. The molecule has 0 radical (unpaired) electrons. The highest BCUT2D eigenvalue weighted by atomic mass is 32.2. The zero-order valence-corrected chi connectivity index (χ0v) is 16.1. The summed E-state index contributed by atoms with van der Waals surface area (Å²) in [5, 5.41) is -0.279. The largest absolute Gasteiger partial charge is 0.465 e. The van der Waals surface area contributed by atoms with Gasteiger partial charge in [-0.25, -0.2) is 9.18 Å². The molecule has 0 fully saturated rings. The topological polar surface area (TPSA) is 43.4 Å². The SMILES string of the molecule is COC(=O)c1ccccc1S[C@@H](CC(=O)c1ccccc1)c1ccc(F)cc1. The first kappa shape index (κ1) is 19.8. The normalized spacial score (nSPS) is 11.6. The van der Waals surface area contributed by atoms with Crippen molar-refractivity contribution in [2.45, 2.75) is 16.6 Å². The van der Waals surface area contributed by atoms with Gasteiger partial charge in [-0.15, -0.1) is 11.8 Å². The molecule has 0 N–H and O–H groups in total. The summed E-state index contributed by atoms with van der Waals surface area (Å²) < 4.78 is 18.2. The van der Waals surface area contributed by atoms with Crippen molar-refractivity contribution in [1.29, 1.82) is 0 Å². The summed E-state index contributed by atoms with van der Waals surface area (Å²) in [5.74, 6) is -0.787. The van der Waals surface area contributed by atoms with Crippen molar-refractivity contribution >= 4 is 23.5 Å². The fourth-order valence-corrected chi connectivity index (χ4v) is 4.09. The lowest BCUT2D eigenvalue weighted by atomic mass is 10.0. The van der Waals surface area contributed by atoms with Gasteiger partial charge in [0.05, 0.1) is 12.7 Å². The highest BCUT2D eigenvalue weighted by Crippen LogP contribution is 2.40. The second-order valence-electron chi connectivity index (χ2n) is 6.14. The van der Waals surface area contributed by atoms with Gasteiger partial charge in [-0.05, 0) is 29.8 Å². The van der Waals surface area contributed by atoms with Gasteiger partial charge in [0.2, 0.25) is 0 Å². The van der Waals surface area contributed by atoms with Gasteiger partial charge in [0, 0.05) is 22.1 Å². The number of rotatable bonds is 7. The molecule has 0 saturated heterocycles. The van der Waals surface area contributed by atoms with Crippen LogP contribution in [0.15, 0.2) is 83.8 Å². The van der Waals surface area contributed by atoms with Crippen molar-refractivity contribution in [3.63, 3.8) is 0 Å². The van der Waals surface area contributed by atoms with Crippen LogP contribution in [-0.2, 0) is 4.74 Å². The van der Waals surface area contributed by atoms with Crippen LogP contribution < -0.4 is 0 Å². The van der Waals surface area contributed by atoms with Gasteiger partial charge in [0.1, 0.15) is 5.82 Å². The van der Waals surface area contributed by atoms with Crippen LogP contribution in [0, 0.1) is 5.82 Å². The molecule has 0 unspecified atom stereocenters. The Hall–Kier alpha value is -2.92. The lowest BCUT2D eigenvalue weighted by Crippen LogP contribution is -2.07. The first-order valence-electron chi connectivity index (χ1n) is 8.76. The molecule has 0 aliphatic carbocycles. The van der Waals surface area contributed by atoms with Crippen LogP contribution in [0.4, 0.5) is 4.39 Å². The van der Waals surface area contributed by atoms with Gasteiger partial charge in [-0.1, -0.05) is 54.6 Å². The fourth-order valence-electron chi connectivity index (χ4n) is 2.82. The molecule has 0 heterocycles. The van der Waals surface area contributed by atoms with E-state index in [2.05, 4.69) is 0 Å². The number of carbonyl (C=O) groups excluding carboxylic acids is 2. The molecule has 0 aromatic heterocycles. The average Bonchev–Trinajstić information content (AvgIpc) is 2.74. The molecular formula is C23H19FO3S. The third-order valence-electron chi connectivity index (χ3n) is 4.27. The van der Waals surface area contributed by atoms with Crippen LogP contribution in [0.3, 0.4) is 0 Å². The van der Waals surface area contributed by atoms with E-state index in [0.29, 0.717) is 16.0 Å². The second kappa shape index (κ2) is 9.33. The monoisotopic (exact) mass is 394 g/mol. The number of hydrogen-bond acceptors (Lipinski definition) is 4. The Morgan fingerprint density at radius 3 is 2.25 bits per heavy atom. The van der Waals surface area contributed by atoms with E-state index in [-0.39, 0.29) is 23.3 Å². The minimum atomic E-state index is -0.435. The van der Waals surface area contributed by atoms with Gasteiger partial charge >= 0.3 is 5.97 Å². The number of ketones is 1. The Bertz CT molecular complexity index is 955. The van der Waals surface area contributed by atoms with Gasteiger partial charge in [-0.3, -0.25) is 4.79 Å². The summed E-state index contributed by atoms with van der Waals surface area (Å²) in [4.78, 5) is 25.6. The van der Waals surface area contributed by atoms with Crippen molar-refractivity contribution in [1.82, 2.24) is 0 Å². The molecule has 0 bridgehead atoms. The third-order valence-corrected chi connectivity index (χ3v) is 5.60. The number of benzene rings is 3. The first-order valence-corrected chi connectivity index (χ1v) is 9.64. The maximum atomic E-state index is 13.4. The molecule has 28 heavy (non-hydrogen) atoms. The summed E-state index contributed by atoms with van der Waals surface area (Å²) in [6.45, 7) is 0. The maximum Gasteiger partial charge on any atom is 0.338 e. The predicted octanol–water partition coefficient (Wildman–Crippen LogP) is 5.72. The number of ether oxygens (including phenoxy) is 1. The summed E-state index contributed by atoms with van der Waals surface area (Å²) in [5.41, 5.74) is 1.88. The molecule has 142 valence electrons.